The number of hydrogen-bond acceptors (Lipinski definition) is 4. The van der Waals surface area contributed by atoms with Gasteiger partial charge in [0, 0.05) is 18.7 Å². The minimum absolute atomic E-state index is 0.0602. The summed E-state index contributed by atoms with van der Waals surface area (Å²) in [6, 6.07) is 0.509. The van der Waals surface area contributed by atoms with E-state index in [0.717, 1.165) is 16.7 Å². The van der Waals surface area contributed by atoms with Crippen LogP contribution in [0.4, 0.5) is 31.1 Å². The second-order valence-electron chi connectivity index (χ2n) is 5.15. The summed E-state index contributed by atoms with van der Waals surface area (Å²) in [5, 5.41) is 1.56. The van der Waals surface area contributed by atoms with E-state index < -0.39 is 46.1 Å². The first kappa shape index (κ1) is 20.1. The van der Waals surface area contributed by atoms with Crippen LogP contribution in [0, 0.1) is 0 Å². The summed E-state index contributed by atoms with van der Waals surface area (Å²) >= 11 is 0.753. The lowest BCUT2D eigenvalue weighted by Crippen LogP contribution is -2.37. The summed E-state index contributed by atoms with van der Waals surface area (Å²) in [6.45, 7) is -0.546. The van der Waals surface area contributed by atoms with Gasteiger partial charge in [-0.2, -0.15) is 26.3 Å². The van der Waals surface area contributed by atoms with Crippen LogP contribution in [0.1, 0.15) is 21.5 Å². The number of halogens is 6. The molecular weight excluding hydrogens is 390 g/mol. The Hall–Kier alpha value is -2.24. The van der Waals surface area contributed by atoms with Crippen molar-refractivity contribution in [1.82, 2.24) is 10.2 Å². The zero-order chi connectivity index (χ0) is 19.7. The molecule has 1 aromatic carbocycles. The highest BCUT2D eigenvalue weighted by Gasteiger charge is 2.37. The third-order valence-electron chi connectivity index (χ3n) is 3.31. The number of hydrogen-bond donors (Lipinski definition) is 1. The lowest BCUT2D eigenvalue weighted by atomic mass is 10.0. The van der Waals surface area contributed by atoms with E-state index in [9.17, 15) is 40.7 Å². The summed E-state index contributed by atoms with van der Waals surface area (Å²) in [6.07, 6.45) is -10.1. The number of alkyl halides is 6. The predicted octanol–water partition coefficient (Wildman–Crippen LogP) is 3.15. The maximum Gasteiger partial charge on any atom is 0.416 e. The second-order valence-corrected chi connectivity index (χ2v) is 6.08. The van der Waals surface area contributed by atoms with Crippen molar-refractivity contribution in [3.05, 3.63) is 34.9 Å². The van der Waals surface area contributed by atoms with E-state index in [2.05, 4.69) is 5.32 Å². The molecule has 1 heterocycles. The molecule has 0 aromatic heterocycles. The molecule has 1 saturated heterocycles. The topological polar surface area (TPSA) is 66.5 Å². The van der Waals surface area contributed by atoms with Gasteiger partial charge in [-0.1, -0.05) is 11.8 Å². The van der Waals surface area contributed by atoms with Crippen molar-refractivity contribution < 1.29 is 40.7 Å². The Morgan fingerprint density at radius 2 is 1.58 bits per heavy atom. The number of carbonyl (C=O) groups excluding carboxylic acids is 3. The zero-order valence-electron chi connectivity index (χ0n) is 12.7. The largest absolute Gasteiger partial charge is 0.416 e. The van der Waals surface area contributed by atoms with Crippen LogP contribution < -0.4 is 5.32 Å². The molecule has 1 aliphatic rings. The van der Waals surface area contributed by atoms with E-state index in [0.29, 0.717) is 12.1 Å². The molecule has 3 amide bonds. The molecule has 26 heavy (non-hydrogen) atoms. The van der Waals surface area contributed by atoms with Crippen molar-refractivity contribution in [2.45, 2.75) is 12.4 Å². The molecule has 0 unspecified atom stereocenters. The zero-order valence-corrected chi connectivity index (χ0v) is 13.5. The minimum Gasteiger partial charge on any atom is -0.350 e. The number of imide groups is 1. The minimum atomic E-state index is -5.07. The van der Waals surface area contributed by atoms with Gasteiger partial charge in [0.2, 0.25) is 5.91 Å². The van der Waals surface area contributed by atoms with E-state index in [1.807, 2.05) is 0 Å². The highest BCUT2D eigenvalue weighted by molar-refractivity contribution is 8.14. The Kier molecular flexibility index (Phi) is 5.54. The van der Waals surface area contributed by atoms with Gasteiger partial charge in [-0.25, -0.2) is 0 Å². The third-order valence-corrected chi connectivity index (χ3v) is 4.17. The smallest absolute Gasteiger partial charge is 0.350 e. The van der Waals surface area contributed by atoms with E-state index in [1.54, 1.807) is 0 Å². The number of rotatable bonds is 4. The fourth-order valence-electron chi connectivity index (χ4n) is 2.07. The van der Waals surface area contributed by atoms with Crippen molar-refractivity contribution in [3.63, 3.8) is 0 Å². The van der Waals surface area contributed by atoms with Crippen molar-refractivity contribution in [2.24, 2.45) is 0 Å². The molecule has 0 atom stereocenters. The van der Waals surface area contributed by atoms with Gasteiger partial charge in [0.1, 0.15) is 0 Å². The lowest BCUT2D eigenvalue weighted by molar-refractivity contribution is -0.143. The van der Waals surface area contributed by atoms with Gasteiger partial charge in [0.25, 0.3) is 11.1 Å². The molecule has 5 nitrogen and oxygen atoms in total. The summed E-state index contributed by atoms with van der Waals surface area (Å²) in [5.74, 6) is -1.74. The van der Waals surface area contributed by atoms with Crippen molar-refractivity contribution in [3.8, 4) is 0 Å². The normalized spacial score (nSPS) is 15.5. The molecular formula is C14H10F6N2O3S. The molecule has 0 spiro atoms. The molecule has 0 saturated carbocycles. The Bertz CT molecular complexity index is 699. The Morgan fingerprint density at radius 3 is 2.00 bits per heavy atom. The number of amides is 3. The van der Waals surface area contributed by atoms with Gasteiger partial charge in [-0.15, -0.1) is 0 Å². The highest BCUT2D eigenvalue weighted by atomic mass is 32.2. The summed E-state index contributed by atoms with van der Waals surface area (Å²) in [5.41, 5.74) is -4.06. The van der Waals surface area contributed by atoms with Crippen LogP contribution in [-0.2, 0) is 17.1 Å². The van der Waals surface area contributed by atoms with Gasteiger partial charge < -0.3 is 5.32 Å². The quantitative estimate of drug-likeness (QED) is 0.789. The molecule has 1 N–H and O–H groups in total. The summed E-state index contributed by atoms with van der Waals surface area (Å²) in [7, 11) is 0. The number of nitrogens with zero attached hydrogens (tertiary/aromatic N) is 1. The van der Waals surface area contributed by atoms with Gasteiger partial charge >= 0.3 is 12.4 Å². The van der Waals surface area contributed by atoms with Gasteiger partial charge in [0.05, 0.1) is 16.9 Å². The van der Waals surface area contributed by atoms with Crippen LogP contribution in [0.2, 0.25) is 0 Å². The summed E-state index contributed by atoms with van der Waals surface area (Å²) in [4.78, 5) is 35.4. The molecule has 1 aliphatic heterocycles. The van der Waals surface area contributed by atoms with E-state index in [-0.39, 0.29) is 24.9 Å². The van der Waals surface area contributed by atoms with Gasteiger partial charge in [0.15, 0.2) is 0 Å². The molecule has 0 bridgehead atoms. The summed E-state index contributed by atoms with van der Waals surface area (Å²) < 4.78 is 76.6. The van der Waals surface area contributed by atoms with Crippen LogP contribution >= 0.6 is 11.8 Å². The average Bonchev–Trinajstić information content (AvgIpc) is 2.84. The highest BCUT2D eigenvalue weighted by Crippen LogP contribution is 2.36. The molecule has 2 rings (SSSR count). The van der Waals surface area contributed by atoms with E-state index in [1.165, 1.54) is 0 Å². The van der Waals surface area contributed by atoms with Crippen molar-refractivity contribution in [2.75, 3.05) is 18.8 Å². The molecule has 0 radical (unpaired) electrons. The Morgan fingerprint density at radius 1 is 1.04 bits per heavy atom. The number of carbonyl (C=O) groups is 3. The first-order chi connectivity index (χ1) is 11.9. The lowest BCUT2D eigenvalue weighted by Gasteiger charge is -2.15. The molecule has 1 fully saturated rings. The number of thioether (sulfide) groups is 1. The SMILES string of the molecule is O=C(NCCN1C(=O)CSC1=O)c1cc(C(F)(F)F)cc(C(F)(F)F)c1. The Labute approximate surface area is 146 Å². The van der Waals surface area contributed by atoms with E-state index >= 15 is 0 Å². The van der Waals surface area contributed by atoms with Crippen LogP contribution in [0.3, 0.4) is 0 Å². The maximum absolute atomic E-state index is 12.8. The number of benzene rings is 1. The fourth-order valence-corrected chi connectivity index (χ4v) is 2.82. The van der Waals surface area contributed by atoms with Gasteiger partial charge in [-0.3, -0.25) is 19.3 Å². The molecule has 1 aromatic rings. The van der Waals surface area contributed by atoms with Crippen molar-refractivity contribution >= 4 is 28.8 Å². The standard InChI is InChI=1S/C14H10F6N2O3S/c15-13(16,17)8-3-7(4-9(5-8)14(18,19)20)11(24)21-1-2-22-10(23)6-26-12(22)25/h3-5H,1-2,6H2,(H,21,24). The molecule has 142 valence electrons. The van der Waals surface area contributed by atoms with E-state index in [4.69, 9.17) is 0 Å². The van der Waals surface area contributed by atoms with Gasteiger partial charge in [-0.05, 0) is 18.2 Å². The third kappa shape index (κ3) is 4.68. The maximum atomic E-state index is 12.8. The van der Waals surface area contributed by atoms with Crippen LogP contribution in [-0.4, -0.2) is 40.8 Å². The Balaban J connectivity index is 2.14. The first-order valence-electron chi connectivity index (χ1n) is 6.94. The molecule has 12 heteroatoms. The average molecular weight is 400 g/mol. The fraction of sp³-hybridized carbons (Fsp3) is 0.357. The van der Waals surface area contributed by atoms with Crippen LogP contribution in [0.25, 0.3) is 0 Å². The number of nitrogens with one attached hydrogen (secondary N) is 1. The second kappa shape index (κ2) is 7.17. The molecule has 0 aliphatic carbocycles. The van der Waals surface area contributed by atoms with Crippen molar-refractivity contribution in [1.29, 1.82) is 0 Å². The van der Waals surface area contributed by atoms with Crippen LogP contribution in [0.15, 0.2) is 18.2 Å². The predicted molar refractivity (Wildman–Crippen MR) is 78.3 cm³/mol. The van der Waals surface area contributed by atoms with Crippen LogP contribution in [0.5, 0.6) is 0 Å². The monoisotopic (exact) mass is 400 g/mol. The first-order valence-corrected chi connectivity index (χ1v) is 7.93.